The van der Waals surface area contributed by atoms with Gasteiger partial charge >= 0.3 is 0 Å². The number of nitrogens with one attached hydrogen (secondary N) is 2. The molecule has 24 heavy (non-hydrogen) atoms. The van der Waals surface area contributed by atoms with Crippen LogP contribution in [0.2, 0.25) is 0 Å². The fraction of sp³-hybridized carbons (Fsp3) is 0.263. The van der Waals surface area contributed by atoms with Gasteiger partial charge in [0.15, 0.2) is 0 Å². The first kappa shape index (κ1) is 18.1. The second-order valence-corrected chi connectivity index (χ2v) is 6.43. The Morgan fingerprint density at radius 2 is 1.50 bits per heavy atom. The highest BCUT2D eigenvalue weighted by atomic mass is 32.2. The maximum absolute atomic E-state index is 11.9. The molecule has 0 bridgehead atoms. The largest absolute Gasteiger partial charge is 0.326 e. The molecule has 0 saturated heterocycles. The number of carbonyl (C=O) groups excluding carboxylic acids is 2. The van der Waals surface area contributed by atoms with Crippen molar-refractivity contribution in [3.8, 4) is 0 Å². The van der Waals surface area contributed by atoms with Crippen LogP contribution in [-0.4, -0.2) is 17.6 Å². The Balaban J connectivity index is 1.77. The number of thioether (sulfide) groups is 1. The molecule has 0 aliphatic rings. The molecule has 4 nitrogen and oxygen atoms in total. The molecule has 2 rings (SSSR count). The molecule has 0 radical (unpaired) electrons. The van der Waals surface area contributed by atoms with E-state index in [2.05, 4.69) is 17.6 Å². The van der Waals surface area contributed by atoms with Crippen LogP contribution >= 0.6 is 11.8 Å². The lowest BCUT2D eigenvalue weighted by Crippen LogP contribution is -2.13. The molecular weight excluding hydrogens is 320 g/mol. The summed E-state index contributed by atoms with van der Waals surface area (Å²) in [6.07, 6.45) is 2.46. The molecule has 0 atom stereocenters. The summed E-state index contributed by atoms with van der Waals surface area (Å²) in [7, 11) is 0. The van der Waals surface area contributed by atoms with Crippen molar-refractivity contribution in [2.45, 2.75) is 31.1 Å². The highest BCUT2D eigenvalue weighted by molar-refractivity contribution is 8.00. The number of amides is 2. The van der Waals surface area contributed by atoms with Gasteiger partial charge in [-0.3, -0.25) is 9.59 Å². The van der Waals surface area contributed by atoms with Gasteiger partial charge in [0.2, 0.25) is 11.8 Å². The van der Waals surface area contributed by atoms with Crippen molar-refractivity contribution in [3.63, 3.8) is 0 Å². The highest BCUT2D eigenvalue weighted by Gasteiger charge is 2.05. The van der Waals surface area contributed by atoms with Crippen LogP contribution < -0.4 is 10.6 Å². The van der Waals surface area contributed by atoms with Gasteiger partial charge in [-0.2, -0.15) is 0 Å². The first-order chi connectivity index (χ1) is 11.7. The summed E-state index contributed by atoms with van der Waals surface area (Å²) >= 11 is 1.46. The SMILES string of the molecule is CCCCC(=O)Nc1ccc(SCC(=O)Nc2ccccc2)cc1. The van der Waals surface area contributed by atoms with Gasteiger partial charge in [-0.1, -0.05) is 31.5 Å². The van der Waals surface area contributed by atoms with Crippen LogP contribution in [0.4, 0.5) is 11.4 Å². The smallest absolute Gasteiger partial charge is 0.234 e. The Morgan fingerprint density at radius 3 is 2.17 bits per heavy atom. The summed E-state index contributed by atoms with van der Waals surface area (Å²) in [5.41, 5.74) is 1.59. The zero-order valence-electron chi connectivity index (χ0n) is 13.7. The van der Waals surface area contributed by atoms with E-state index >= 15 is 0 Å². The van der Waals surface area contributed by atoms with Crippen molar-refractivity contribution in [3.05, 3.63) is 54.6 Å². The molecule has 2 N–H and O–H groups in total. The van der Waals surface area contributed by atoms with Crippen LogP contribution in [-0.2, 0) is 9.59 Å². The summed E-state index contributed by atoms with van der Waals surface area (Å²) in [6.45, 7) is 2.06. The third-order valence-electron chi connectivity index (χ3n) is 3.32. The zero-order valence-corrected chi connectivity index (χ0v) is 14.6. The average molecular weight is 342 g/mol. The van der Waals surface area contributed by atoms with E-state index < -0.39 is 0 Å². The molecule has 0 spiro atoms. The standard InChI is InChI=1S/C19H22N2O2S/c1-2-3-9-18(22)20-16-10-12-17(13-11-16)24-14-19(23)21-15-7-5-4-6-8-15/h4-8,10-13H,2-3,9,14H2,1H3,(H,20,22)(H,21,23). The predicted molar refractivity (Wildman–Crippen MR) is 100 cm³/mol. The summed E-state index contributed by atoms with van der Waals surface area (Å²) < 4.78 is 0. The summed E-state index contributed by atoms with van der Waals surface area (Å²) in [6, 6.07) is 16.9. The molecule has 5 heteroatoms. The molecule has 0 fully saturated rings. The number of hydrogen-bond acceptors (Lipinski definition) is 3. The van der Waals surface area contributed by atoms with Gasteiger partial charge in [-0.25, -0.2) is 0 Å². The molecule has 0 heterocycles. The van der Waals surface area contributed by atoms with Crippen molar-refractivity contribution in [2.24, 2.45) is 0 Å². The van der Waals surface area contributed by atoms with Gasteiger partial charge in [0.1, 0.15) is 0 Å². The van der Waals surface area contributed by atoms with E-state index in [1.165, 1.54) is 11.8 Å². The summed E-state index contributed by atoms with van der Waals surface area (Å²) in [4.78, 5) is 24.6. The summed E-state index contributed by atoms with van der Waals surface area (Å²) in [5, 5.41) is 5.73. The second-order valence-electron chi connectivity index (χ2n) is 5.38. The highest BCUT2D eigenvalue weighted by Crippen LogP contribution is 2.21. The topological polar surface area (TPSA) is 58.2 Å². The van der Waals surface area contributed by atoms with E-state index in [1.807, 2.05) is 54.6 Å². The number of carbonyl (C=O) groups is 2. The third-order valence-corrected chi connectivity index (χ3v) is 4.33. The minimum Gasteiger partial charge on any atom is -0.326 e. The molecule has 0 aromatic heterocycles. The van der Waals surface area contributed by atoms with Gasteiger partial charge in [-0.05, 0) is 42.8 Å². The minimum absolute atomic E-state index is 0.0388. The number of anilines is 2. The van der Waals surface area contributed by atoms with Crippen LogP contribution in [0.25, 0.3) is 0 Å². The molecule has 2 amide bonds. The Labute approximate surface area is 147 Å². The van der Waals surface area contributed by atoms with Gasteiger partial charge in [0, 0.05) is 22.7 Å². The fourth-order valence-electron chi connectivity index (χ4n) is 2.06. The number of rotatable bonds is 8. The Kier molecular flexibility index (Phi) is 7.36. The Hall–Kier alpha value is -2.27. The van der Waals surface area contributed by atoms with Crippen molar-refractivity contribution in [1.29, 1.82) is 0 Å². The molecule has 0 aliphatic carbocycles. The number of para-hydroxylation sites is 1. The van der Waals surface area contributed by atoms with Crippen molar-refractivity contribution >= 4 is 35.0 Å². The third kappa shape index (κ3) is 6.46. The maximum atomic E-state index is 11.9. The first-order valence-electron chi connectivity index (χ1n) is 8.05. The predicted octanol–water partition coefficient (Wildman–Crippen LogP) is 4.55. The van der Waals surface area contributed by atoms with E-state index in [0.29, 0.717) is 12.2 Å². The zero-order chi connectivity index (χ0) is 17.2. The van der Waals surface area contributed by atoms with Crippen LogP contribution in [0.1, 0.15) is 26.2 Å². The lowest BCUT2D eigenvalue weighted by atomic mass is 10.2. The molecule has 126 valence electrons. The monoisotopic (exact) mass is 342 g/mol. The Bertz CT molecular complexity index is 657. The van der Waals surface area contributed by atoms with E-state index in [4.69, 9.17) is 0 Å². The van der Waals surface area contributed by atoms with Crippen molar-refractivity contribution in [2.75, 3.05) is 16.4 Å². The van der Waals surface area contributed by atoms with Crippen LogP contribution in [0.3, 0.4) is 0 Å². The van der Waals surface area contributed by atoms with E-state index in [1.54, 1.807) is 0 Å². The molecule has 0 saturated carbocycles. The van der Waals surface area contributed by atoms with Gasteiger partial charge in [-0.15, -0.1) is 11.8 Å². The number of benzene rings is 2. The average Bonchev–Trinajstić information content (AvgIpc) is 2.60. The quantitative estimate of drug-likeness (QED) is 0.692. The molecular formula is C19H22N2O2S. The van der Waals surface area contributed by atoms with Crippen molar-refractivity contribution in [1.82, 2.24) is 0 Å². The van der Waals surface area contributed by atoms with Crippen LogP contribution in [0, 0.1) is 0 Å². The lowest BCUT2D eigenvalue weighted by molar-refractivity contribution is -0.116. The number of unbranched alkanes of at least 4 members (excludes halogenated alkanes) is 1. The second kappa shape index (κ2) is 9.78. The molecule has 0 aliphatic heterocycles. The first-order valence-corrected chi connectivity index (χ1v) is 9.03. The lowest BCUT2D eigenvalue weighted by Gasteiger charge is -2.07. The minimum atomic E-state index is -0.0388. The van der Waals surface area contributed by atoms with Gasteiger partial charge < -0.3 is 10.6 Å². The molecule has 2 aromatic carbocycles. The number of hydrogen-bond donors (Lipinski definition) is 2. The van der Waals surface area contributed by atoms with E-state index in [9.17, 15) is 9.59 Å². The molecule has 2 aromatic rings. The van der Waals surface area contributed by atoms with Crippen molar-refractivity contribution < 1.29 is 9.59 Å². The molecule has 0 unspecified atom stereocenters. The Morgan fingerprint density at radius 1 is 0.875 bits per heavy atom. The summed E-state index contributed by atoms with van der Waals surface area (Å²) in [5.74, 6) is 0.347. The van der Waals surface area contributed by atoms with E-state index in [-0.39, 0.29) is 11.8 Å². The van der Waals surface area contributed by atoms with Crippen LogP contribution in [0.5, 0.6) is 0 Å². The normalized spacial score (nSPS) is 10.2. The van der Waals surface area contributed by atoms with Crippen LogP contribution in [0.15, 0.2) is 59.5 Å². The van der Waals surface area contributed by atoms with Gasteiger partial charge in [0.25, 0.3) is 0 Å². The van der Waals surface area contributed by atoms with E-state index in [0.717, 1.165) is 29.1 Å². The fourth-order valence-corrected chi connectivity index (χ4v) is 2.76. The van der Waals surface area contributed by atoms with Gasteiger partial charge in [0.05, 0.1) is 5.75 Å². The maximum Gasteiger partial charge on any atom is 0.234 e.